The highest BCUT2D eigenvalue weighted by atomic mass is 32.2. The number of hydrogen-bond donors (Lipinski definition) is 7. The Morgan fingerprint density at radius 3 is 2.19 bits per heavy atom. The van der Waals surface area contributed by atoms with E-state index in [4.69, 9.17) is 9.47 Å². The predicted molar refractivity (Wildman–Crippen MR) is 195 cm³/mol. The molecule has 1 aromatic heterocycles. The molecule has 52 heavy (non-hydrogen) atoms. The summed E-state index contributed by atoms with van der Waals surface area (Å²) in [5, 5.41) is 48.2. The smallest absolute Gasteiger partial charge is 0.236 e. The molecule has 14 nitrogen and oxygen atoms in total. The van der Waals surface area contributed by atoms with E-state index in [1.54, 1.807) is 12.1 Å². The van der Waals surface area contributed by atoms with Crippen LogP contribution in [0.5, 0.6) is 11.5 Å². The molecule has 2 aliphatic rings. The minimum Gasteiger partial charge on any atom is -0.494 e. The average molecular weight is 735 g/mol. The topological polar surface area (TPSA) is 199 Å². The van der Waals surface area contributed by atoms with Gasteiger partial charge in [-0.15, -0.1) is 0 Å². The minimum absolute atomic E-state index is 0.00228. The fourth-order valence-electron chi connectivity index (χ4n) is 6.60. The van der Waals surface area contributed by atoms with Gasteiger partial charge in [0.05, 0.1) is 24.6 Å². The van der Waals surface area contributed by atoms with Crippen LogP contribution >= 0.6 is 0 Å². The number of piperidine rings is 1. The lowest BCUT2D eigenvalue weighted by Crippen LogP contribution is -2.57. The number of nitrogens with zero attached hydrogens (tertiary/aromatic N) is 3. The summed E-state index contributed by atoms with van der Waals surface area (Å²) in [6.45, 7) is 5.59. The molecule has 0 amide bonds. The van der Waals surface area contributed by atoms with Crippen molar-refractivity contribution in [3.05, 3.63) is 107 Å². The molecule has 1 fully saturated rings. The van der Waals surface area contributed by atoms with Crippen molar-refractivity contribution in [3.63, 3.8) is 0 Å². The van der Waals surface area contributed by atoms with Gasteiger partial charge in [-0.05, 0) is 72.9 Å². The second-order valence-electron chi connectivity index (χ2n) is 13.6. The van der Waals surface area contributed by atoms with Crippen molar-refractivity contribution in [1.82, 2.24) is 20.2 Å². The first-order chi connectivity index (χ1) is 24.8. The SMILES string of the molecule is CC(C)(c1ccc(OCCCNc2ccc3c(c2)C(O)N(C2CCC(O)NC2O)C3O)cc1)c1ccc(OCc2ccnc(NS(C)(=O)=O)n2)cc1. The molecule has 0 radical (unpaired) electrons. The number of hydrogen-bond acceptors (Lipinski definition) is 13. The van der Waals surface area contributed by atoms with Crippen LogP contribution in [0.25, 0.3) is 0 Å². The summed E-state index contributed by atoms with van der Waals surface area (Å²) < 4.78 is 37.1. The summed E-state index contributed by atoms with van der Waals surface area (Å²) in [5.41, 5.74) is 4.46. The lowest BCUT2D eigenvalue weighted by molar-refractivity contribution is -0.159. The number of sulfonamides is 1. The molecule has 7 N–H and O–H groups in total. The van der Waals surface area contributed by atoms with Crippen molar-refractivity contribution in [2.24, 2.45) is 0 Å². The van der Waals surface area contributed by atoms with Crippen LogP contribution in [-0.2, 0) is 22.0 Å². The van der Waals surface area contributed by atoms with E-state index in [0.29, 0.717) is 48.6 Å². The number of anilines is 2. The van der Waals surface area contributed by atoms with Gasteiger partial charge in [-0.3, -0.25) is 10.0 Å². The Labute approximate surface area is 303 Å². The lowest BCUT2D eigenvalue weighted by atomic mass is 9.78. The zero-order chi connectivity index (χ0) is 37.0. The Morgan fingerprint density at radius 2 is 1.54 bits per heavy atom. The third kappa shape index (κ3) is 8.81. The Balaban J connectivity index is 0.955. The van der Waals surface area contributed by atoms with Gasteiger partial charge < -0.3 is 35.2 Å². The van der Waals surface area contributed by atoms with Gasteiger partial charge in [-0.25, -0.2) is 23.3 Å². The third-order valence-electron chi connectivity index (χ3n) is 9.50. The maximum Gasteiger partial charge on any atom is 0.236 e. The molecule has 15 heteroatoms. The molecule has 5 unspecified atom stereocenters. The molecule has 1 saturated heterocycles. The number of ether oxygens (including phenoxy) is 2. The molecule has 3 heterocycles. The molecule has 3 aromatic carbocycles. The van der Waals surface area contributed by atoms with Crippen LogP contribution in [0, 0.1) is 0 Å². The number of aliphatic hydroxyl groups excluding tert-OH is 4. The zero-order valence-corrected chi connectivity index (χ0v) is 30.1. The van der Waals surface area contributed by atoms with Crippen molar-refractivity contribution < 1.29 is 38.3 Å². The number of aromatic nitrogens is 2. The van der Waals surface area contributed by atoms with Crippen LogP contribution in [0.2, 0.25) is 0 Å². The van der Waals surface area contributed by atoms with Crippen molar-refractivity contribution in [1.29, 1.82) is 0 Å². The molecule has 0 bridgehead atoms. The summed E-state index contributed by atoms with van der Waals surface area (Å²) in [7, 11) is -3.48. The highest BCUT2D eigenvalue weighted by molar-refractivity contribution is 7.91. The molecule has 0 spiro atoms. The summed E-state index contributed by atoms with van der Waals surface area (Å²) in [5.74, 6) is 1.42. The van der Waals surface area contributed by atoms with Crippen LogP contribution in [0.4, 0.5) is 11.6 Å². The molecule has 2 aliphatic heterocycles. The number of rotatable bonds is 14. The van der Waals surface area contributed by atoms with Gasteiger partial charge in [-0.1, -0.05) is 44.2 Å². The highest BCUT2D eigenvalue weighted by Crippen LogP contribution is 2.43. The van der Waals surface area contributed by atoms with E-state index in [1.165, 1.54) is 11.1 Å². The Morgan fingerprint density at radius 1 is 0.885 bits per heavy atom. The summed E-state index contributed by atoms with van der Waals surface area (Å²) in [6.07, 6.45) is 0.0503. The number of benzene rings is 3. The Bertz CT molecular complexity index is 1930. The molecular formula is C37H46N6O8S. The maximum absolute atomic E-state index is 11.5. The first-order valence-corrected chi connectivity index (χ1v) is 19.1. The minimum atomic E-state index is -3.48. The van der Waals surface area contributed by atoms with Crippen molar-refractivity contribution in [2.75, 3.05) is 29.4 Å². The zero-order valence-electron chi connectivity index (χ0n) is 29.3. The standard InChI is InChI=1S/C37H46N6O8S/c1-37(2,24-7-12-28(13-8-24)51-22-26-17-19-39-36(40-26)42-52(3,48)49)23-5-10-27(11-6-23)50-20-4-18-38-25-9-14-29-30(21-25)35(47)43(34(29)46)31-15-16-32(44)41-33(31)45/h5-14,17,19,21,31-35,38,41,44-47H,4,15-16,18,20,22H2,1-3H3,(H,39,40,42). The first-order valence-electron chi connectivity index (χ1n) is 17.2. The molecule has 5 atom stereocenters. The van der Waals surface area contributed by atoms with Crippen LogP contribution in [0.15, 0.2) is 79.0 Å². The van der Waals surface area contributed by atoms with Gasteiger partial charge in [0.2, 0.25) is 16.0 Å². The van der Waals surface area contributed by atoms with Crippen molar-refractivity contribution >= 4 is 21.7 Å². The molecule has 6 rings (SSSR count). The molecule has 0 saturated carbocycles. The second-order valence-corrected chi connectivity index (χ2v) is 15.4. The fourth-order valence-corrected chi connectivity index (χ4v) is 7.03. The molecule has 278 valence electrons. The van der Waals surface area contributed by atoms with Crippen LogP contribution in [0.1, 0.15) is 73.5 Å². The summed E-state index contributed by atoms with van der Waals surface area (Å²) in [6, 6.07) is 22.5. The van der Waals surface area contributed by atoms with E-state index in [9.17, 15) is 28.8 Å². The van der Waals surface area contributed by atoms with Crippen molar-refractivity contribution in [2.45, 2.75) is 76.1 Å². The second kappa shape index (κ2) is 15.7. The Kier molecular flexibility index (Phi) is 11.3. The third-order valence-corrected chi connectivity index (χ3v) is 10.1. The monoisotopic (exact) mass is 734 g/mol. The van der Waals surface area contributed by atoms with E-state index >= 15 is 0 Å². The van der Waals surface area contributed by atoms with E-state index in [-0.39, 0.29) is 18.0 Å². The van der Waals surface area contributed by atoms with Crippen LogP contribution in [-0.4, -0.2) is 81.6 Å². The van der Waals surface area contributed by atoms with E-state index in [0.717, 1.165) is 35.2 Å². The molecule has 4 aromatic rings. The normalized spacial score (nSPS) is 22.1. The van der Waals surface area contributed by atoms with Crippen LogP contribution in [0.3, 0.4) is 0 Å². The molecule has 0 aliphatic carbocycles. The van der Waals surface area contributed by atoms with Gasteiger partial charge in [0, 0.05) is 35.0 Å². The highest BCUT2D eigenvalue weighted by Gasteiger charge is 2.44. The van der Waals surface area contributed by atoms with Gasteiger partial charge >= 0.3 is 0 Å². The van der Waals surface area contributed by atoms with E-state index in [2.05, 4.69) is 51.3 Å². The lowest BCUT2D eigenvalue weighted by Gasteiger charge is -2.40. The number of aliphatic hydroxyl groups is 4. The number of nitrogens with one attached hydrogen (secondary N) is 3. The summed E-state index contributed by atoms with van der Waals surface area (Å²) >= 11 is 0. The fraction of sp³-hybridized carbons (Fsp3) is 0.405. The van der Waals surface area contributed by atoms with Crippen molar-refractivity contribution in [3.8, 4) is 11.5 Å². The average Bonchev–Trinajstić information content (AvgIpc) is 3.35. The van der Waals surface area contributed by atoms with E-state index in [1.807, 2.05) is 48.5 Å². The van der Waals surface area contributed by atoms with E-state index < -0.39 is 41.0 Å². The Hall–Kier alpha value is -4.35. The maximum atomic E-state index is 11.5. The first kappa shape index (κ1) is 37.4. The van der Waals surface area contributed by atoms with Gasteiger partial charge in [-0.2, -0.15) is 0 Å². The predicted octanol–water partition coefficient (Wildman–Crippen LogP) is 3.32. The largest absolute Gasteiger partial charge is 0.494 e. The van der Waals surface area contributed by atoms with Gasteiger partial charge in [0.25, 0.3) is 0 Å². The summed E-state index contributed by atoms with van der Waals surface area (Å²) in [4.78, 5) is 9.58. The quantitative estimate of drug-likeness (QED) is 0.0933. The molecular weight excluding hydrogens is 689 g/mol. The number of fused-ring (bicyclic) bond motifs is 1. The van der Waals surface area contributed by atoms with Gasteiger partial charge in [0.15, 0.2) is 0 Å². The van der Waals surface area contributed by atoms with Gasteiger partial charge in [0.1, 0.15) is 43.0 Å². The van der Waals surface area contributed by atoms with Crippen LogP contribution < -0.4 is 24.8 Å².